The predicted octanol–water partition coefficient (Wildman–Crippen LogP) is 3.42. The topological polar surface area (TPSA) is 29.5 Å². The van der Waals surface area contributed by atoms with E-state index < -0.39 is 0 Å². The number of hydrogen-bond donors (Lipinski definition) is 0. The SMILES string of the molecule is C/C=C/C=C/C(=O)N1CCCc2c(C)ccc(OC)c21. The molecule has 3 heteroatoms. The molecule has 106 valence electrons. The highest BCUT2D eigenvalue weighted by Gasteiger charge is 2.25. The minimum absolute atomic E-state index is 0.00736. The molecule has 0 aliphatic carbocycles. The van der Waals surface area contributed by atoms with E-state index in [0.29, 0.717) is 0 Å². The third-order valence-electron chi connectivity index (χ3n) is 3.59. The zero-order valence-corrected chi connectivity index (χ0v) is 12.3. The van der Waals surface area contributed by atoms with Crippen molar-refractivity contribution >= 4 is 11.6 Å². The molecule has 1 aliphatic heterocycles. The number of carbonyl (C=O) groups is 1. The Bertz CT molecular complexity index is 558. The molecular formula is C17H21NO2. The first kappa shape index (κ1) is 14.4. The summed E-state index contributed by atoms with van der Waals surface area (Å²) >= 11 is 0. The van der Waals surface area contributed by atoms with Crippen LogP contribution < -0.4 is 9.64 Å². The van der Waals surface area contributed by atoms with Crippen LogP contribution in [0.15, 0.2) is 36.4 Å². The van der Waals surface area contributed by atoms with Gasteiger partial charge in [-0.3, -0.25) is 4.79 Å². The number of nitrogens with zero attached hydrogens (tertiary/aromatic N) is 1. The molecule has 0 spiro atoms. The average molecular weight is 271 g/mol. The van der Waals surface area contributed by atoms with E-state index in [1.54, 1.807) is 19.3 Å². The summed E-state index contributed by atoms with van der Waals surface area (Å²) in [5, 5.41) is 0. The Hall–Kier alpha value is -2.03. The van der Waals surface area contributed by atoms with Gasteiger partial charge in [-0.1, -0.05) is 24.3 Å². The number of methoxy groups -OCH3 is 1. The summed E-state index contributed by atoms with van der Waals surface area (Å²) in [6.45, 7) is 4.76. The molecule has 0 radical (unpaired) electrons. The van der Waals surface area contributed by atoms with Crippen LogP contribution in [-0.2, 0) is 11.2 Å². The van der Waals surface area contributed by atoms with E-state index in [0.717, 1.165) is 30.8 Å². The molecule has 1 heterocycles. The maximum atomic E-state index is 12.4. The molecule has 0 bridgehead atoms. The van der Waals surface area contributed by atoms with Crippen molar-refractivity contribution in [2.75, 3.05) is 18.6 Å². The monoisotopic (exact) mass is 271 g/mol. The largest absolute Gasteiger partial charge is 0.495 e. The van der Waals surface area contributed by atoms with E-state index in [4.69, 9.17) is 4.74 Å². The lowest BCUT2D eigenvalue weighted by Gasteiger charge is -2.31. The minimum atomic E-state index is 0.00736. The fourth-order valence-corrected chi connectivity index (χ4v) is 2.58. The van der Waals surface area contributed by atoms with Gasteiger partial charge in [0.05, 0.1) is 12.8 Å². The highest BCUT2D eigenvalue weighted by atomic mass is 16.5. The molecule has 0 unspecified atom stereocenters. The van der Waals surface area contributed by atoms with Crippen molar-refractivity contribution in [2.45, 2.75) is 26.7 Å². The fraction of sp³-hybridized carbons (Fsp3) is 0.353. The van der Waals surface area contributed by atoms with Crippen LogP contribution in [0.3, 0.4) is 0 Å². The maximum Gasteiger partial charge on any atom is 0.251 e. The predicted molar refractivity (Wildman–Crippen MR) is 82.4 cm³/mol. The summed E-state index contributed by atoms with van der Waals surface area (Å²) in [6, 6.07) is 4.00. The Balaban J connectivity index is 2.41. The van der Waals surface area contributed by atoms with Gasteiger partial charge in [-0.15, -0.1) is 0 Å². The Kier molecular flexibility index (Phi) is 4.61. The molecule has 2 rings (SSSR count). The molecule has 0 N–H and O–H groups in total. The van der Waals surface area contributed by atoms with Crippen LogP contribution in [-0.4, -0.2) is 19.6 Å². The van der Waals surface area contributed by atoms with Gasteiger partial charge in [0.1, 0.15) is 5.75 Å². The number of amides is 1. The minimum Gasteiger partial charge on any atom is -0.495 e. The third-order valence-corrected chi connectivity index (χ3v) is 3.59. The van der Waals surface area contributed by atoms with Crippen LogP contribution in [0.5, 0.6) is 5.75 Å². The summed E-state index contributed by atoms with van der Waals surface area (Å²) in [6.07, 6.45) is 9.13. The van der Waals surface area contributed by atoms with Crippen LogP contribution in [0.2, 0.25) is 0 Å². The molecule has 0 saturated heterocycles. The van der Waals surface area contributed by atoms with E-state index in [9.17, 15) is 4.79 Å². The number of hydrogen-bond acceptors (Lipinski definition) is 2. The van der Waals surface area contributed by atoms with Crippen LogP contribution in [0.25, 0.3) is 0 Å². The van der Waals surface area contributed by atoms with E-state index in [1.165, 1.54) is 11.1 Å². The van der Waals surface area contributed by atoms with Crippen molar-refractivity contribution in [2.24, 2.45) is 0 Å². The van der Waals surface area contributed by atoms with Crippen molar-refractivity contribution in [3.8, 4) is 5.75 Å². The summed E-state index contributed by atoms with van der Waals surface area (Å²) in [4.78, 5) is 14.2. The lowest BCUT2D eigenvalue weighted by atomic mass is 9.96. The number of rotatable bonds is 3. The molecule has 0 atom stereocenters. The molecule has 1 amide bonds. The molecule has 3 nitrogen and oxygen atoms in total. The third kappa shape index (κ3) is 2.77. The van der Waals surface area contributed by atoms with Crippen LogP contribution in [0, 0.1) is 6.92 Å². The van der Waals surface area contributed by atoms with Crippen molar-refractivity contribution < 1.29 is 9.53 Å². The summed E-state index contributed by atoms with van der Waals surface area (Å²) in [5.74, 6) is 0.783. The van der Waals surface area contributed by atoms with Crippen LogP contribution in [0.4, 0.5) is 5.69 Å². The highest BCUT2D eigenvalue weighted by molar-refractivity contribution is 6.03. The van der Waals surface area contributed by atoms with Gasteiger partial charge in [0.15, 0.2) is 0 Å². The van der Waals surface area contributed by atoms with Crippen LogP contribution in [0.1, 0.15) is 24.5 Å². The first-order valence-electron chi connectivity index (χ1n) is 6.96. The smallest absolute Gasteiger partial charge is 0.251 e. The number of ether oxygens (including phenoxy) is 1. The zero-order chi connectivity index (χ0) is 14.5. The first-order chi connectivity index (χ1) is 9.69. The number of carbonyl (C=O) groups excluding carboxylic acids is 1. The molecule has 1 aromatic rings. The lowest BCUT2D eigenvalue weighted by Crippen LogP contribution is -2.34. The average Bonchev–Trinajstić information content (AvgIpc) is 2.47. The van der Waals surface area contributed by atoms with Gasteiger partial charge < -0.3 is 9.64 Å². The Labute approximate surface area is 120 Å². The second kappa shape index (κ2) is 6.42. The standard InChI is InChI=1S/C17H21NO2/c1-4-5-6-9-16(19)18-12-7-8-14-13(2)10-11-15(20-3)17(14)18/h4-6,9-11H,7-8,12H2,1-3H3/b5-4+,9-6+. The zero-order valence-electron chi connectivity index (χ0n) is 12.3. The first-order valence-corrected chi connectivity index (χ1v) is 6.96. The Morgan fingerprint density at radius 3 is 2.85 bits per heavy atom. The number of aryl methyl sites for hydroxylation is 1. The summed E-state index contributed by atoms with van der Waals surface area (Å²) in [5.41, 5.74) is 3.38. The number of fused-ring (bicyclic) bond motifs is 1. The fourth-order valence-electron chi connectivity index (χ4n) is 2.58. The molecular weight excluding hydrogens is 250 g/mol. The Morgan fingerprint density at radius 2 is 2.15 bits per heavy atom. The van der Waals surface area contributed by atoms with Crippen LogP contribution >= 0.6 is 0 Å². The number of anilines is 1. The van der Waals surface area contributed by atoms with Crippen molar-refractivity contribution in [3.63, 3.8) is 0 Å². The lowest BCUT2D eigenvalue weighted by molar-refractivity contribution is -0.114. The van der Waals surface area contributed by atoms with Gasteiger partial charge in [0.25, 0.3) is 5.91 Å². The molecule has 0 aromatic heterocycles. The van der Waals surface area contributed by atoms with Gasteiger partial charge in [0, 0.05) is 12.6 Å². The number of benzene rings is 1. The van der Waals surface area contributed by atoms with Crippen molar-refractivity contribution in [1.29, 1.82) is 0 Å². The highest BCUT2D eigenvalue weighted by Crippen LogP contribution is 2.38. The quantitative estimate of drug-likeness (QED) is 0.623. The van der Waals surface area contributed by atoms with E-state index in [-0.39, 0.29) is 5.91 Å². The van der Waals surface area contributed by atoms with Gasteiger partial charge in [-0.25, -0.2) is 0 Å². The van der Waals surface area contributed by atoms with Crippen molar-refractivity contribution in [3.05, 3.63) is 47.6 Å². The molecule has 1 aliphatic rings. The van der Waals surface area contributed by atoms with Gasteiger partial charge in [-0.05, 0) is 43.9 Å². The number of allylic oxidation sites excluding steroid dienone is 3. The normalized spacial score (nSPS) is 14.8. The molecule has 0 saturated carbocycles. The van der Waals surface area contributed by atoms with Crippen molar-refractivity contribution in [1.82, 2.24) is 0 Å². The maximum absolute atomic E-state index is 12.4. The van der Waals surface area contributed by atoms with E-state index in [1.807, 2.05) is 30.0 Å². The van der Waals surface area contributed by atoms with Gasteiger partial charge >= 0.3 is 0 Å². The molecule has 1 aromatic carbocycles. The summed E-state index contributed by atoms with van der Waals surface area (Å²) in [7, 11) is 1.65. The molecule has 0 fully saturated rings. The van der Waals surface area contributed by atoms with E-state index >= 15 is 0 Å². The van der Waals surface area contributed by atoms with E-state index in [2.05, 4.69) is 13.0 Å². The Morgan fingerprint density at radius 1 is 1.35 bits per heavy atom. The second-order valence-electron chi connectivity index (χ2n) is 4.89. The second-order valence-corrected chi connectivity index (χ2v) is 4.89. The van der Waals surface area contributed by atoms with Gasteiger partial charge in [-0.2, -0.15) is 0 Å². The molecule has 20 heavy (non-hydrogen) atoms. The summed E-state index contributed by atoms with van der Waals surface area (Å²) < 4.78 is 5.44. The van der Waals surface area contributed by atoms with Gasteiger partial charge in [0.2, 0.25) is 0 Å².